The van der Waals surface area contributed by atoms with Gasteiger partial charge < -0.3 is 10.4 Å². The van der Waals surface area contributed by atoms with E-state index >= 15 is 0 Å². The third-order valence-corrected chi connectivity index (χ3v) is 2.00. The number of nitrogens with one attached hydrogen (secondary N) is 1. The minimum absolute atomic E-state index is 0.0849. The fourth-order valence-electron chi connectivity index (χ4n) is 1.12. The Labute approximate surface area is 91.3 Å². The number of hydrogen-bond donors (Lipinski definition) is 2. The second kappa shape index (κ2) is 5.12. The first-order valence-electron chi connectivity index (χ1n) is 4.26. The fraction of sp³-hybridized carbons (Fsp3) is 0.300. The highest BCUT2D eigenvalue weighted by molar-refractivity contribution is 9.09. The van der Waals surface area contributed by atoms with Crippen LogP contribution in [0.5, 0.6) is 0 Å². The average Bonchev–Trinajstić information content (AvgIpc) is 2.06. The number of hydrogen-bond acceptors (Lipinski definition) is 2. The Hall–Kier alpha value is -0.870. The van der Waals surface area contributed by atoms with Crippen molar-refractivity contribution in [2.75, 3.05) is 5.32 Å². The predicted molar refractivity (Wildman–Crippen MR) is 59.4 cm³/mol. The van der Waals surface area contributed by atoms with Gasteiger partial charge in [-0.3, -0.25) is 4.79 Å². The van der Waals surface area contributed by atoms with Gasteiger partial charge in [-0.25, -0.2) is 0 Å². The molecule has 3 nitrogen and oxygen atoms in total. The first-order valence-corrected chi connectivity index (χ1v) is 5.18. The Kier molecular flexibility index (Phi) is 4.10. The van der Waals surface area contributed by atoms with Crippen LogP contribution in [0.4, 0.5) is 5.69 Å². The molecule has 0 saturated heterocycles. The second-order valence-electron chi connectivity index (χ2n) is 3.02. The van der Waals surface area contributed by atoms with Gasteiger partial charge in [-0.2, -0.15) is 0 Å². The third-order valence-electron chi connectivity index (χ3n) is 1.68. The van der Waals surface area contributed by atoms with Gasteiger partial charge in [0.1, 0.15) is 5.01 Å². The molecule has 1 aromatic carbocycles. The molecule has 0 aliphatic carbocycles. The summed E-state index contributed by atoms with van der Waals surface area (Å²) in [5.41, 5.74) is 1.79. The summed E-state index contributed by atoms with van der Waals surface area (Å²) in [6.45, 7) is 1.47. The summed E-state index contributed by atoms with van der Waals surface area (Å²) in [6.07, 6.45) is 0.556. The van der Waals surface area contributed by atoms with Crippen molar-refractivity contribution in [1.82, 2.24) is 0 Å². The van der Waals surface area contributed by atoms with Crippen molar-refractivity contribution in [2.45, 2.75) is 18.4 Å². The molecule has 1 unspecified atom stereocenters. The van der Waals surface area contributed by atoms with E-state index in [9.17, 15) is 4.79 Å². The van der Waals surface area contributed by atoms with E-state index in [1.165, 1.54) is 6.92 Å². The highest BCUT2D eigenvalue weighted by Crippen LogP contribution is 2.12. The number of rotatable bonds is 3. The van der Waals surface area contributed by atoms with Crippen LogP contribution in [0, 0.1) is 0 Å². The van der Waals surface area contributed by atoms with Gasteiger partial charge >= 0.3 is 0 Å². The van der Waals surface area contributed by atoms with E-state index in [1.807, 2.05) is 24.3 Å². The molecule has 2 N–H and O–H groups in total. The number of aliphatic hydroxyl groups is 1. The molecule has 0 aliphatic rings. The van der Waals surface area contributed by atoms with Crippen LogP contribution in [0.25, 0.3) is 0 Å². The lowest BCUT2D eigenvalue weighted by Crippen LogP contribution is -2.06. The van der Waals surface area contributed by atoms with Crippen LogP contribution in [0.1, 0.15) is 12.5 Å². The van der Waals surface area contributed by atoms with E-state index in [-0.39, 0.29) is 5.91 Å². The number of carbonyl (C=O) groups excluding carboxylic acids is 1. The molecule has 0 radical (unpaired) electrons. The van der Waals surface area contributed by atoms with Crippen molar-refractivity contribution >= 4 is 27.5 Å². The molecule has 0 aliphatic heterocycles. The molecule has 0 heterocycles. The summed E-state index contributed by atoms with van der Waals surface area (Å²) in [4.78, 5) is 10.7. The molecular weight excluding hydrogens is 246 g/mol. The van der Waals surface area contributed by atoms with Gasteiger partial charge in [-0.05, 0) is 17.7 Å². The van der Waals surface area contributed by atoms with Gasteiger partial charge in [-0.1, -0.05) is 28.1 Å². The van der Waals surface area contributed by atoms with Crippen LogP contribution in [0.3, 0.4) is 0 Å². The van der Waals surface area contributed by atoms with Gasteiger partial charge in [0, 0.05) is 19.0 Å². The molecule has 4 heteroatoms. The van der Waals surface area contributed by atoms with E-state index < -0.39 is 5.01 Å². The maximum absolute atomic E-state index is 10.7. The Balaban J connectivity index is 2.63. The summed E-state index contributed by atoms with van der Waals surface area (Å²) in [5.74, 6) is -0.0849. The molecule has 0 fully saturated rings. The number of benzene rings is 1. The van der Waals surface area contributed by atoms with Crippen molar-refractivity contribution in [3.8, 4) is 0 Å². The number of alkyl halides is 1. The van der Waals surface area contributed by atoms with Crippen molar-refractivity contribution in [3.05, 3.63) is 29.8 Å². The molecule has 1 aromatic rings. The minimum Gasteiger partial charge on any atom is -0.382 e. The fourth-order valence-corrected chi connectivity index (χ4v) is 1.50. The molecular formula is C10H12BrNO2. The predicted octanol–water partition coefficient (Wildman–Crippen LogP) is 1.90. The van der Waals surface area contributed by atoms with Crippen LogP contribution in [0.2, 0.25) is 0 Å². The van der Waals surface area contributed by atoms with E-state index in [4.69, 9.17) is 5.11 Å². The standard InChI is InChI=1S/C10H12BrNO2/c1-7(13)12-9-4-2-8(3-5-9)6-10(11)14/h2-5,10,14H,6H2,1H3,(H,12,13). The summed E-state index contributed by atoms with van der Waals surface area (Å²) in [5, 5.41) is 11.2. The average molecular weight is 258 g/mol. The Bertz CT molecular complexity index is 308. The molecule has 76 valence electrons. The maximum Gasteiger partial charge on any atom is 0.221 e. The van der Waals surface area contributed by atoms with E-state index in [2.05, 4.69) is 21.2 Å². The van der Waals surface area contributed by atoms with Crippen molar-refractivity contribution in [3.63, 3.8) is 0 Å². The smallest absolute Gasteiger partial charge is 0.221 e. The Morgan fingerprint density at radius 2 is 2.07 bits per heavy atom. The zero-order valence-corrected chi connectivity index (χ0v) is 9.41. The zero-order chi connectivity index (χ0) is 10.6. The maximum atomic E-state index is 10.7. The number of carbonyl (C=O) groups is 1. The van der Waals surface area contributed by atoms with Crippen LogP contribution >= 0.6 is 15.9 Å². The molecule has 0 saturated carbocycles. The summed E-state index contributed by atoms with van der Waals surface area (Å²) >= 11 is 3.06. The lowest BCUT2D eigenvalue weighted by Gasteiger charge is -2.05. The van der Waals surface area contributed by atoms with Crippen molar-refractivity contribution in [2.24, 2.45) is 0 Å². The van der Waals surface area contributed by atoms with Gasteiger partial charge in [0.05, 0.1) is 0 Å². The largest absolute Gasteiger partial charge is 0.382 e. The third kappa shape index (κ3) is 3.89. The number of anilines is 1. The molecule has 0 spiro atoms. The highest BCUT2D eigenvalue weighted by atomic mass is 79.9. The van der Waals surface area contributed by atoms with Crippen molar-refractivity contribution in [1.29, 1.82) is 0 Å². The molecule has 14 heavy (non-hydrogen) atoms. The van der Waals surface area contributed by atoms with Crippen LogP contribution in [0.15, 0.2) is 24.3 Å². The second-order valence-corrected chi connectivity index (χ2v) is 4.07. The first-order chi connectivity index (χ1) is 6.58. The van der Waals surface area contributed by atoms with Crippen LogP contribution in [-0.4, -0.2) is 16.0 Å². The van der Waals surface area contributed by atoms with Crippen LogP contribution in [-0.2, 0) is 11.2 Å². The highest BCUT2D eigenvalue weighted by Gasteiger charge is 2.00. The molecule has 1 atom stereocenters. The topological polar surface area (TPSA) is 49.3 Å². The lowest BCUT2D eigenvalue weighted by molar-refractivity contribution is -0.114. The zero-order valence-electron chi connectivity index (χ0n) is 7.83. The van der Waals surface area contributed by atoms with Gasteiger partial charge in [0.25, 0.3) is 0 Å². The monoisotopic (exact) mass is 257 g/mol. The summed E-state index contributed by atoms with van der Waals surface area (Å²) < 4.78 is 0. The van der Waals surface area contributed by atoms with E-state index in [0.717, 1.165) is 11.3 Å². The van der Waals surface area contributed by atoms with E-state index in [0.29, 0.717) is 6.42 Å². The van der Waals surface area contributed by atoms with Gasteiger partial charge in [-0.15, -0.1) is 0 Å². The SMILES string of the molecule is CC(=O)Nc1ccc(CC(O)Br)cc1. The lowest BCUT2D eigenvalue weighted by atomic mass is 10.1. The molecule has 0 aromatic heterocycles. The van der Waals surface area contributed by atoms with Gasteiger partial charge in [0.15, 0.2) is 0 Å². The van der Waals surface area contributed by atoms with E-state index in [1.54, 1.807) is 0 Å². The summed E-state index contributed by atoms with van der Waals surface area (Å²) in [6, 6.07) is 7.36. The molecule has 0 bridgehead atoms. The summed E-state index contributed by atoms with van der Waals surface area (Å²) in [7, 11) is 0. The Morgan fingerprint density at radius 1 is 1.50 bits per heavy atom. The Morgan fingerprint density at radius 3 is 2.50 bits per heavy atom. The number of halogens is 1. The number of amides is 1. The molecule has 1 amide bonds. The quantitative estimate of drug-likeness (QED) is 0.813. The van der Waals surface area contributed by atoms with Crippen LogP contribution < -0.4 is 5.32 Å². The van der Waals surface area contributed by atoms with Gasteiger partial charge in [0.2, 0.25) is 5.91 Å². The van der Waals surface area contributed by atoms with Crippen molar-refractivity contribution < 1.29 is 9.90 Å². The minimum atomic E-state index is -0.519. The molecule has 1 rings (SSSR count). The first kappa shape index (κ1) is 11.2. The number of aliphatic hydroxyl groups excluding tert-OH is 1. The normalized spacial score (nSPS) is 12.2.